The van der Waals surface area contributed by atoms with Crippen LogP contribution in [0.4, 0.5) is 0 Å². The summed E-state index contributed by atoms with van der Waals surface area (Å²) in [4.78, 5) is 9.49. The molecule has 2 rings (SSSR count). The molecule has 0 saturated heterocycles. The first-order valence-electron chi connectivity index (χ1n) is 3.63. The average Bonchev–Trinajstić information content (AvgIpc) is 2.29. The molecule has 0 spiro atoms. The molecule has 2 aromatic heterocycles. The molecular weight excluding hydrogens is 188 g/mol. The van der Waals surface area contributed by atoms with Crippen LogP contribution < -0.4 is 0 Å². The van der Waals surface area contributed by atoms with Crippen LogP contribution >= 0.6 is 23.6 Å². The van der Waals surface area contributed by atoms with Crippen LogP contribution in [-0.2, 0) is 0 Å². The number of hydrogen-bond acceptors (Lipinski definition) is 3. The Labute approximate surface area is 79.3 Å². The first-order chi connectivity index (χ1) is 5.70. The number of rotatable bonds is 0. The molecule has 0 fully saturated rings. The second-order valence-corrected chi connectivity index (χ2v) is 4.31. The second-order valence-electron chi connectivity index (χ2n) is 2.70. The number of hydrogen-bond donors (Lipinski definition) is 1. The lowest BCUT2D eigenvalue weighted by Gasteiger charge is -1.89. The SMILES string of the molecule is Cc1sc2nc[nH]c(=S)c2c1C. The second kappa shape index (κ2) is 2.64. The van der Waals surface area contributed by atoms with Gasteiger partial charge in [0.05, 0.1) is 6.33 Å². The lowest BCUT2D eigenvalue weighted by atomic mass is 10.2. The Morgan fingerprint density at radius 1 is 1.50 bits per heavy atom. The molecule has 0 radical (unpaired) electrons. The maximum atomic E-state index is 5.17. The smallest absolute Gasteiger partial charge is 0.128 e. The molecule has 2 heterocycles. The Kier molecular flexibility index (Phi) is 1.73. The zero-order chi connectivity index (χ0) is 8.72. The van der Waals surface area contributed by atoms with E-state index in [9.17, 15) is 0 Å². The highest BCUT2D eigenvalue weighted by Crippen LogP contribution is 2.27. The van der Waals surface area contributed by atoms with Gasteiger partial charge in [-0.3, -0.25) is 0 Å². The first-order valence-corrected chi connectivity index (χ1v) is 4.86. The van der Waals surface area contributed by atoms with E-state index in [1.165, 1.54) is 10.4 Å². The van der Waals surface area contributed by atoms with Crippen molar-refractivity contribution in [1.82, 2.24) is 9.97 Å². The number of aryl methyl sites for hydroxylation is 2. The zero-order valence-corrected chi connectivity index (χ0v) is 8.47. The Bertz CT molecular complexity index is 481. The fourth-order valence-corrected chi connectivity index (χ4v) is 2.56. The molecule has 0 unspecified atom stereocenters. The highest BCUT2D eigenvalue weighted by Gasteiger charge is 2.06. The van der Waals surface area contributed by atoms with Gasteiger partial charge in [-0.1, -0.05) is 12.2 Å². The van der Waals surface area contributed by atoms with E-state index < -0.39 is 0 Å². The maximum Gasteiger partial charge on any atom is 0.128 e. The third-order valence-corrected chi connectivity index (χ3v) is 3.41. The topological polar surface area (TPSA) is 28.7 Å². The summed E-state index contributed by atoms with van der Waals surface area (Å²) in [5.41, 5.74) is 1.25. The van der Waals surface area contributed by atoms with Crippen LogP contribution in [0.2, 0.25) is 0 Å². The molecule has 0 aliphatic rings. The number of H-pyrrole nitrogens is 1. The van der Waals surface area contributed by atoms with Crippen molar-refractivity contribution >= 4 is 33.8 Å². The van der Waals surface area contributed by atoms with Crippen LogP contribution in [0.25, 0.3) is 10.2 Å². The lowest BCUT2D eigenvalue weighted by molar-refractivity contribution is 1.21. The fraction of sp³-hybridized carbons (Fsp3) is 0.250. The minimum atomic E-state index is 0.793. The first kappa shape index (κ1) is 7.89. The number of aromatic nitrogens is 2. The third kappa shape index (κ3) is 0.990. The predicted octanol–water partition coefficient (Wildman–Crippen LogP) is 2.97. The van der Waals surface area contributed by atoms with Gasteiger partial charge >= 0.3 is 0 Å². The van der Waals surface area contributed by atoms with Gasteiger partial charge in [0.25, 0.3) is 0 Å². The van der Waals surface area contributed by atoms with E-state index in [2.05, 4.69) is 23.8 Å². The van der Waals surface area contributed by atoms with Gasteiger partial charge in [-0.05, 0) is 19.4 Å². The number of nitrogens with zero attached hydrogens (tertiary/aromatic N) is 1. The van der Waals surface area contributed by atoms with E-state index >= 15 is 0 Å². The lowest BCUT2D eigenvalue weighted by Crippen LogP contribution is -1.79. The van der Waals surface area contributed by atoms with Gasteiger partial charge in [0.15, 0.2) is 0 Å². The molecule has 1 N–H and O–H groups in total. The molecule has 2 nitrogen and oxygen atoms in total. The molecule has 0 amide bonds. The Hall–Kier alpha value is -0.740. The molecule has 12 heavy (non-hydrogen) atoms. The average molecular weight is 196 g/mol. The monoisotopic (exact) mass is 196 g/mol. The van der Waals surface area contributed by atoms with E-state index in [-0.39, 0.29) is 0 Å². The number of fused-ring (bicyclic) bond motifs is 1. The van der Waals surface area contributed by atoms with Crippen LogP contribution in [0, 0.1) is 18.5 Å². The number of thiophene rings is 1. The third-order valence-electron chi connectivity index (χ3n) is 1.97. The van der Waals surface area contributed by atoms with Gasteiger partial charge in [-0.2, -0.15) is 0 Å². The van der Waals surface area contributed by atoms with Gasteiger partial charge in [-0.25, -0.2) is 4.98 Å². The maximum absolute atomic E-state index is 5.17. The van der Waals surface area contributed by atoms with Gasteiger partial charge in [0.1, 0.15) is 9.47 Å². The van der Waals surface area contributed by atoms with Crippen molar-refractivity contribution in [2.45, 2.75) is 13.8 Å². The van der Waals surface area contributed by atoms with Gasteiger partial charge in [0.2, 0.25) is 0 Å². The fourth-order valence-electron chi connectivity index (χ4n) is 1.19. The Balaban J connectivity index is 3.07. The van der Waals surface area contributed by atoms with Crippen LogP contribution in [0.5, 0.6) is 0 Å². The van der Waals surface area contributed by atoms with Crippen molar-refractivity contribution in [2.75, 3.05) is 0 Å². The van der Waals surface area contributed by atoms with Crippen LogP contribution in [-0.4, -0.2) is 9.97 Å². The number of nitrogens with one attached hydrogen (secondary N) is 1. The van der Waals surface area contributed by atoms with Crippen molar-refractivity contribution in [3.8, 4) is 0 Å². The molecule has 0 bridgehead atoms. The molecule has 0 aliphatic heterocycles. The van der Waals surface area contributed by atoms with E-state index in [4.69, 9.17) is 12.2 Å². The Morgan fingerprint density at radius 2 is 2.25 bits per heavy atom. The van der Waals surface area contributed by atoms with E-state index in [1.807, 2.05) is 0 Å². The van der Waals surface area contributed by atoms with Gasteiger partial charge in [-0.15, -0.1) is 11.3 Å². The predicted molar refractivity (Wildman–Crippen MR) is 54.3 cm³/mol. The van der Waals surface area contributed by atoms with Crippen molar-refractivity contribution < 1.29 is 0 Å². The molecule has 0 atom stereocenters. The molecule has 0 saturated carbocycles. The summed E-state index contributed by atoms with van der Waals surface area (Å²) in [6.45, 7) is 4.18. The highest BCUT2D eigenvalue weighted by molar-refractivity contribution is 7.71. The minimum Gasteiger partial charge on any atom is -0.337 e. The molecule has 0 aliphatic carbocycles. The number of aromatic amines is 1. The molecular formula is C8H8N2S2. The van der Waals surface area contributed by atoms with Crippen molar-refractivity contribution in [3.63, 3.8) is 0 Å². The molecule has 0 aromatic carbocycles. The van der Waals surface area contributed by atoms with Crippen LogP contribution in [0.1, 0.15) is 10.4 Å². The minimum absolute atomic E-state index is 0.793. The van der Waals surface area contributed by atoms with Crippen molar-refractivity contribution in [3.05, 3.63) is 21.4 Å². The van der Waals surface area contributed by atoms with Crippen LogP contribution in [0.3, 0.4) is 0 Å². The van der Waals surface area contributed by atoms with Crippen LogP contribution in [0.15, 0.2) is 6.33 Å². The molecule has 2 aromatic rings. The molecule has 62 valence electrons. The van der Waals surface area contributed by atoms with Crippen molar-refractivity contribution in [2.24, 2.45) is 0 Å². The summed E-state index contributed by atoms with van der Waals surface area (Å²) in [7, 11) is 0. The summed E-state index contributed by atoms with van der Waals surface area (Å²) in [5.74, 6) is 0. The van der Waals surface area contributed by atoms with Gasteiger partial charge < -0.3 is 4.98 Å². The summed E-state index contributed by atoms with van der Waals surface area (Å²) in [6.07, 6.45) is 1.65. The largest absolute Gasteiger partial charge is 0.337 e. The van der Waals surface area contributed by atoms with E-state index in [1.54, 1.807) is 17.7 Å². The summed E-state index contributed by atoms with van der Waals surface area (Å²) in [6, 6.07) is 0. The van der Waals surface area contributed by atoms with E-state index in [0.29, 0.717) is 0 Å². The highest BCUT2D eigenvalue weighted by atomic mass is 32.1. The standard InChI is InChI=1S/C8H8N2S2/c1-4-5(2)12-8-6(4)7(11)9-3-10-8/h3H,1-2H3,(H,9,10,11). The summed E-state index contributed by atoms with van der Waals surface area (Å²) >= 11 is 6.86. The zero-order valence-electron chi connectivity index (χ0n) is 6.84. The summed E-state index contributed by atoms with van der Waals surface area (Å²) in [5, 5.41) is 1.11. The summed E-state index contributed by atoms with van der Waals surface area (Å²) < 4.78 is 0.793. The molecule has 4 heteroatoms. The van der Waals surface area contributed by atoms with Gasteiger partial charge in [0, 0.05) is 10.3 Å². The normalized spacial score (nSPS) is 10.8. The van der Waals surface area contributed by atoms with Crippen molar-refractivity contribution in [1.29, 1.82) is 0 Å². The Morgan fingerprint density at radius 3 is 2.92 bits per heavy atom. The van der Waals surface area contributed by atoms with E-state index in [0.717, 1.165) is 14.9 Å². The quantitative estimate of drug-likeness (QED) is 0.656.